The highest BCUT2D eigenvalue weighted by atomic mass is 16.6. The summed E-state index contributed by atoms with van der Waals surface area (Å²) in [6.45, 7) is 0. The summed E-state index contributed by atoms with van der Waals surface area (Å²) in [4.78, 5) is 35.3. The lowest BCUT2D eigenvalue weighted by Crippen LogP contribution is -2.21. The lowest BCUT2D eigenvalue weighted by Gasteiger charge is -2.10. The van der Waals surface area contributed by atoms with Crippen LogP contribution in [0.3, 0.4) is 0 Å². The summed E-state index contributed by atoms with van der Waals surface area (Å²) in [7, 11) is 2.74. The van der Waals surface area contributed by atoms with Crippen LogP contribution in [0.1, 0.15) is 10.4 Å². The molecule has 1 amide bonds. The fourth-order valence-electron chi connectivity index (χ4n) is 2.54. The van der Waals surface area contributed by atoms with Gasteiger partial charge >= 0.3 is 5.63 Å². The molecule has 0 fully saturated rings. The van der Waals surface area contributed by atoms with E-state index in [0.29, 0.717) is 11.4 Å². The van der Waals surface area contributed by atoms with E-state index in [1.165, 1.54) is 26.4 Å². The van der Waals surface area contributed by atoms with Crippen LogP contribution >= 0.6 is 0 Å². The highest BCUT2D eigenvalue weighted by Gasteiger charge is 2.20. The van der Waals surface area contributed by atoms with Gasteiger partial charge in [0.15, 0.2) is 11.3 Å². The third kappa shape index (κ3) is 3.43. The second-order valence-corrected chi connectivity index (χ2v) is 5.43. The molecule has 0 aliphatic heterocycles. The van der Waals surface area contributed by atoms with Crippen LogP contribution in [-0.4, -0.2) is 25.1 Å². The van der Waals surface area contributed by atoms with Crippen molar-refractivity contribution in [2.24, 2.45) is 0 Å². The smallest absolute Gasteiger partial charge is 0.349 e. The van der Waals surface area contributed by atoms with Gasteiger partial charge in [-0.15, -0.1) is 0 Å². The minimum atomic E-state index is -0.901. The van der Waals surface area contributed by atoms with Crippen LogP contribution in [0.4, 0.5) is 11.4 Å². The number of anilines is 1. The molecule has 9 nitrogen and oxygen atoms in total. The zero-order valence-electron chi connectivity index (χ0n) is 14.3. The Labute approximate surface area is 152 Å². The molecule has 3 aromatic rings. The molecule has 1 N–H and O–H groups in total. The van der Waals surface area contributed by atoms with Gasteiger partial charge in [-0.3, -0.25) is 14.9 Å². The van der Waals surface area contributed by atoms with Crippen molar-refractivity contribution in [3.8, 4) is 11.5 Å². The van der Waals surface area contributed by atoms with Crippen LogP contribution in [0.25, 0.3) is 11.0 Å². The molecule has 0 saturated carbocycles. The molecule has 0 aliphatic carbocycles. The van der Waals surface area contributed by atoms with Gasteiger partial charge in [-0.05, 0) is 18.2 Å². The van der Waals surface area contributed by atoms with Gasteiger partial charge in [-0.1, -0.05) is 12.1 Å². The van der Waals surface area contributed by atoms with Crippen molar-refractivity contribution in [2.45, 2.75) is 0 Å². The van der Waals surface area contributed by atoms with Crippen molar-refractivity contribution in [2.75, 3.05) is 19.5 Å². The van der Waals surface area contributed by atoms with Crippen LogP contribution < -0.4 is 20.4 Å². The predicted octanol–water partition coefficient (Wildman–Crippen LogP) is 2.97. The van der Waals surface area contributed by atoms with Crippen molar-refractivity contribution in [1.82, 2.24) is 0 Å². The van der Waals surface area contributed by atoms with Crippen LogP contribution in [0, 0.1) is 10.1 Å². The van der Waals surface area contributed by atoms with Crippen molar-refractivity contribution in [3.63, 3.8) is 0 Å². The fourth-order valence-corrected chi connectivity index (χ4v) is 2.54. The Bertz CT molecular complexity index is 1100. The second kappa shape index (κ2) is 7.16. The normalized spacial score (nSPS) is 10.4. The number of nitrogens with zero attached hydrogens (tertiary/aromatic N) is 1. The van der Waals surface area contributed by atoms with E-state index < -0.39 is 16.5 Å². The Morgan fingerprint density at radius 2 is 1.81 bits per heavy atom. The van der Waals surface area contributed by atoms with Gasteiger partial charge in [-0.25, -0.2) is 4.79 Å². The van der Waals surface area contributed by atoms with Gasteiger partial charge in [0, 0.05) is 11.5 Å². The van der Waals surface area contributed by atoms with Crippen LogP contribution in [-0.2, 0) is 0 Å². The number of methoxy groups -OCH3 is 2. The largest absolute Gasteiger partial charge is 0.495 e. The Kier molecular flexibility index (Phi) is 4.75. The Hall–Kier alpha value is -3.88. The average Bonchev–Trinajstić information content (AvgIpc) is 2.66. The number of nitro benzene ring substituents is 1. The second-order valence-electron chi connectivity index (χ2n) is 5.43. The quantitative estimate of drug-likeness (QED) is 0.416. The van der Waals surface area contributed by atoms with E-state index >= 15 is 0 Å². The lowest BCUT2D eigenvalue weighted by atomic mass is 10.1. The van der Waals surface area contributed by atoms with Crippen LogP contribution in [0.2, 0.25) is 0 Å². The molecule has 0 radical (unpaired) electrons. The average molecular weight is 370 g/mol. The molecular weight excluding hydrogens is 356 g/mol. The van der Waals surface area contributed by atoms with E-state index in [4.69, 9.17) is 13.9 Å². The van der Waals surface area contributed by atoms with Gasteiger partial charge in [0.1, 0.15) is 11.3 Å². The summed E-state index contributed by atoms with van der Waals surface area (Å²) in [5.74, 6) is -0.304. The van der Waals surface area contributed by atoms with Crippen molar-refractivity contribution < 1.29 is 23.6 Å². The first-order chi connectivity index (χ1) is 12.9. The van der Waals surface area contributed by atoms with Crippen LogP contribution in [0.5, 0.6) is 11.5 Å². The van der Waals surface area contributed by atoms with E-state index in [1.54, 1.807) is 24.3 Å². The third-order valence-electron chi connectivity index (χ3n) is 3.81. The van der Waals surface area contributed by atoms with Gasteiger partial charge in [-0.2, -0.15) is 0 Å². The maximum atomic E-state index is 12.5. The highest BCUT2D eigenvalue weighted by molar-refractivity contribution is 6.06. The Morgan fingerprint density at radius 3 is 2.48 bits per heavy atom. The zero-order chi connectivity index (χ0) is 19.6. The number of para-hydroxylation sites is 2. The molecule has 3 rings (SSSR count). The molecule has 0 atom stereocenters. The molecule has 0 bridgehead atoms. The number of hydrogen-bond acceptors (Lipinski definition) is 7. The first kappa shape index (κ1) is 17.9. The monoisotopic (exact) mass is 370 g/mol. The summed E-state index contributed by atoms with van der Waals surface area (Å²) in [6.07, 6.45) is 0. The Balaban J connectivity index is 2.08. The molecule has 0 unspecified atom stereocenters. The topological polar surface area (TPSA) is 121 Å². The molecule has 1 aromatic heterocycles. The summed E-state index contributed by atoms with van der Waals surface area (Å²) in [5.41, 5.74) is -1.09. The summed E-state index contributed by atoms with van der Waals surface area (Å²) >= 11 is 0. The number of benzene rings is 2. The molecule has 0 spiro atoms. The molecule has 2 aromatic carbocycles. The maximum absolute atomic E-state index is 12.5. The highest BCUT2D eigenvalue weighted by Crippen LogP contribution is 2.31. The van der Waals surface area contributed by atoms with Gasteiger partial charge in [0.05, 0.1) is 30.9 Å². The lowest BCUT2D eigenvalue weighted by molar-refractivity contribution is -0.384. The predicted molar refractivity (Wildman–Crippen MR) is 96.6 cm³/mol. The van der Waals surface area contributed by atoms with E-state index in [-0.39, 0.29) is 28.0 Å². The number of ether oxygens (including phenoxy) is 2. The van der Waals surface area contributed by atoms with E-state index in [1.807, 2.05) is 0 Å². The molecule has 138 valence electrons. The number of rotatable bonds is 5. The summed E-state index contributed by atoms with van der Waals surface area (Å²) in [5, 5.41) is 13.8. The van der Waals surface area contributed by atoms with E-state index in [9.17, 15) is 19.7 Å². The molecule has 0 aliphatic rings. The number of amides is 1. The molecule has 1 heterocycles. The SMILES string of the molecule is COc1ccccc1NC(=O)c1cc2cc([N+](=O)[O-])cc(OC)c2oc1=O. The zero-order valence-corrected chi connectivity index (χ0v) is 14.3. The maximum Gasteiger partial charge on any atom is 0.349 e. The van der Waals surface area contributed by atoms with Crippen molar-refractivity contribution >= 4 is 28.3 Å². The van der Waals surface area contributed by atoms with Gasteiger partial charge in [0.25, 0.3) is 11.6 Å². The van der Waals surface area contributed by atoms with Gasteiger partial charge in [0.2, 0.25) is 0 Å². The number of nitrogens with one attached hydrogen (secondary N) is 1. The fraction of sp³-hybridized carbons (Fsp3) is 0.111. The first-order valence-corrected chi connectivity index (χ1v) is 7.69. The van der Waals surface area contributed by atoms with Crippen molar-refractivity contribution in [3.05, 3.63) is 68.6 Å². The van der Waals surface area contributed by atoms with Gasteiger partial charge < -0.3 is 19.2 Å². The number of hydrogen-bond donors (Lipinski definition) is 1. The minimum Gasteiger partial charge on any atom is -0.495 e. The number of nitro groups is 1. The van der Waals surface area contributed by atoms with Crippen molar-refractivity contribution in [1.29, 1.82) is 0 Å². The molecule has 27 heavy (non-hydrogen) atoms. The molecule has 0 saturated heterocycles. The number of non-ortho nitro benzene ring substituents is 1. The van der Waals surface area contributed by atoms with E-state index in [2.05, 4.69) is 5.32 Å². The Morgan fingerprint density at radius 1 is 1.11 bits per heavy atom. The van der Waals surface area contributed by atoms with E-state index in [0.717, 1.165) is 6.07 Å². The number of fused-ring (bicyclic) bond motifs is 1. The summed E-state index contributed by atoms with van der Waals surface area (Å²) < 4.78 is 15.4. The third-order valence-corrected chi connectivity index (χ3v) is 3.81. The number of carbonyl (C=O) groups is 1. The number of carbonyl (C=O) groups excluding carboxylic acids is 1. The molecule has 9 heteroatoms. The van der Waals surface area contributed by atoms with Crippen LogP contribution in [0.15, 0.2) is 51.7 Å². The minimum absolute atomic E-state index is 0.0157. The summed E-state index contributed by atoms with van der Waals surface area (Å²) in [6, 6.07) is 10.2. The first-order valence-electron chi connectivity index (χ1n) is 7.69. The molecular formula is C18H14N2O7. The standard InChI is InChI=1S/C18H14N2O7/c1-25-14-6-4-3-5-13(14)19-17(21)12-8-10-7-11(20(23)24)9-15(26-2)16(10)27-18(12)22/h3-9H,1-2H3,(H,19,21).